The molecular weight excluding hydrogens is 246 g/mol. The molecule has 0 bridgehead atoms. The summed E-state index contributed by atoms with van der Waals surface area (Å²) in [4.78, 5) is 9.99. The van der Waals surface area contributed by atoms with Gasteiger partial charge in [0, 0.05) is 11.1 Å². The molecule has 4 nitrogen and oxygen atoms in total. The Kier molecular flexibility index (Phi) is 2.98. The minimum absolute atomic E-state index is 0.546. The van der Waals surface area contributed by atoms with Crippen molar-refractivity contribution in [2.24, 2.45) is 0 Å². The monoisotopic (exact) mass is 259 g/mol. The Hall–Kier alpha value is -1.88. The molecule has 0 atom stereocenters. The average molecular weight is 259 g/mol. The molecule has 0 radical (unpaired) electrons. The number of oxazole rings is 1. The highest BCUT2D eigenvalue weighted by Gasteiger charge is 2.05. The third kappa shape index (κ3) is 2.22. The van der Waals surface area contributed by atoms with Crippen LogP contribution in [-0.2, 0) is 13.0 Å². The molecular formula is C13H13N3OS. The van der Waals surface area contributed by atoms with Crippen molar-refractivity contribution in [1.29, 1.82) is 0 Å². The predicted molar refractivity (Wildman–Crippen MR) is 72.8 cm³/mol. The van der Waals surface area contributed by atoms with Gasteiger partial charge >= 0.3 is 0 Å². The van der Waals surface area contributed by atoms with Crippen molar-refractivity contribution in [3.63, 3.8) is 0 Å². The van der Waals surface area contributed by atoms with E-state index in [0.29, 0.717) is 12.6 Å². The van der Waals surface area contributed by atoms with Crippen LogP contribution in [-0.4, -0.2) is 9.97 Å². The Morgan fingerprint density at radius 3 is 3.00 bits per heavy atom. The first-order chi connectivity index (χ1) is 8.85. The van der Waals surface area contributed by atoms with Gasteiger partial charge < -0.3 is 9.73 Å². The standard InChI is InChI=1S/C13H13N3OS/c1-2-9-7-14-12(18-9)8-15-13-16-10-5-3-4-6-11(10)17-13/h3-7H,2,8H2,1H3,(H,15,16). The Morgan fingerprint density at radius 2 is 2.22 bits per heavy atom. The van der Waals surface area contributed by atoms with Gasteiger partial charge in [-0.25, -0.2) is 4.98 Å². The molecule has 0 aliphatic rings. The molecule has 1 N–H and O–H groups in total. The van der Waals surface area contributed by atoms with Crippen molar-refractivity contribution >= 4 is 28.5 Å². The molecule has 3 aromatic rings. The Morgan fingerprint density at radius 1 is 1.33 bits per heavy atom. The quantitative estimate of drug-likeness (QED) is 0.779. The third-order valence-corrected chi connectivity index (χ3v) is 3.78. The molecule has 5 heteroatoms. The number of hydrogen-bond donors (Lipinski definition) is 1. The fourth-order valence-corrected chi connectivity index (χ4v) is 2.49. The molecule has 18 heavy (non-hydrogen) atoms. The van der Waals surface area contributed by atoms with E-state index in [9.17, 15) is 0 Å². The van der Waals surface area contributed by atoms with Crippen LogP contribution in [0, 0.1) is 0 Å². The number of benzene rings is 1. The summed E-state index contributed by atoms with van der Waals surface area (Å²) in [7, 11) is 0. The first-order valence-electron chi connectivity index (χ1n) is 5.88. The van der Waals surface area contributed by atoms with Crippen LogP contribution in [0.15, 0.2) is 34.9 Å². The van der Waals surface area contributed by atoms with Gasteiger partial charge in [0.1, 0.15) is 10.5 Å². The number of rotatable bonds is 4. The highest BCUT2D eigenvalue weighted by molar-refractivity contribution is 7.11. The Balaban J connectivity index is 1.72. The molecule has 2 heterocycles. The first-order valence-corrected chi connectivity index (χ1v) is 6.70. The summed E-state index contributed by atoms with van der Waals surface area (Å²) in [5.41, 5.74) is 1.67. The van der Waals surface area contributed by atoms with Gasteiger partial charge in [-0.1, -0.05) is 19.1 Å². The highest BCUT2D eigenvalue weighted by atomic mass is 32.1. The molecule has 92 valence electrons. The molecule has 2 aromatic heterocycles. The summed E-state index contributed by atoms with van der Waals surface area (Å²) in [6.07, 6.45) is 2.95. The number of anilines is 1. The predicted octanol–water partition coefficient (Wildman–Crippen LogP) is 3.46. The zero-order chi connectivity index (χ0) is 12.4. The number of para-hydroxylation sites is 2. The van der Waals surface area contributed by atoms with Crippen LogP contribution in [0.4, 0.5) is 6.01 Å². The van der Waals surface area contributed by atoms with Gasteiger partial charge in [0.25, 0.3) is 6.01 Å². The van der Waals surface area contributed by atoms with Crippen LogP contribution in [0.25, 0.3) is 11.1 Å². The van der Waals surface area contributed by atoms with Crippen LogP contribution < -0.4 is 5.32 Å². The zero-order valence-corrected chi connectivity index (χ0v) is 10.8. The second-order valence-corrected chi connectivity index (χ2v) is 5.11. The first kappa shape index (κ1) is 11.2. The molecule has 0 saturated carbocycles. The summed E-state index contributed by atoms with van der Waals surface area (Å²) in [6, 6.07) is 8.27. The topological polar surface area (TPSA) is 51.0 Å². The Bertz CT molecular complexity index is 626. The number of fused-ring (bicyclic) bond motifs is 1. The second-order valence-electron chi connectivity index (χ2n) is 3.91. The van der Waals surface area contributed by atoms with Crippen molar-refractivity contribution in [3.05, 3.63) is 40.3 Å². The molecule has 0 saturated heterocycles. The number of nitrogens with one attached hydrogen (secondary N) is 1. The van der Waals surface area contributed by atoms with Crippen LogP contribution in [0.3, 0.4) is 0 Å². The van der Waals surface area contributed by atoms with Gasteiger partial charge in [-0.05, 0) is 18.6 Å². The van der Waals surface area contributed by atoms with E-state index in [2.05, 4.69) is 22.2 Å². The maximum Gasteiger partial charge on any atom is 0.296 e. The van der Waals surface area contributed by atoms with Crippen LogP contribution in [0.5, 0.6) is 0 Å². The minimum atomic E-state index is 0.546. The maximum atomic E-state index is 5.58. The van der Waals surface area contributed by atoms with Crippen LogP contribution >= 0.6 is 11.3 Å². The summed E-state index contributed by atoms with van der Waals surface area (Å²) < 4.78 is 5.58. The number of hydrogen-bond acceptors (Lipinski definition) is 5. The fraction of sp³-hybridized carbons (Fsp3) is 0.231. The Labute approximate surface area is 109 Å². The molecule has 3 rings (SSSR count). The molecule has 1 aromatic carbocycles. The highest BCUT2D eigenvalue weighted by Crippen LogP contribution is 2.19. The van der Waals surface area contributed by atoms with Crippen molar-refractivity contribution in [2.45, 2.75) is 19.9 Å². The van der Waals surface area contributed by atoms with Crippen LogP contribution in [0.1, 0.15) is 16.8 Å². The lowest BCUT2D eigenvalue weighted by Gasteiger charge is -1.96. The summed E-state index contributed by atoms with van der Waals surface area (Å²) >= 11 is 1.72. The largest absolute Gasteiger partial charge is 0.424 e. The van der Waals surface area contributed by atoms with E-state index in [0.717, 1.165) is 22.5 Å². The normalized spacial score (nSPS) is 10.9. The van der Waals surface area contributed by atoms with E-state index in [4.69, 9.17) is 4.42 Å². The van der Waals surface area contributed by atoms with Crippen molar-refractivity contribution in [1.82, 2.24) is 9.97 Å². The lowest BCUT2D eigenvalue weighted by Crippen LogP contribution is -1.98. The summed E-state index contributed by atoms with van der Waals surface area (Å²) in [5.74, 6) is 0. The summed E-state index contributed by atoms with van der Waals surface area (Å²) in [5, 5.41) is 4.21. The fourth-order valence-electron chi connectivity index (χ4n) is 1.69. The van der Waals surface area contributed by atoms with Crippen molar-refractivity contribution in [3.8, 4) is 0 Å². The van der Waals surface area contributed by atoms with Gasteiger partial charge in [-0.3, -0.25) is 0 Å². The minimum Gasteiger partial charge on any atom is -0.424 e. The number of aromatic nitrogens is 2. The molecule has 0 aliphatic carbocycles. The third-order valence-electron chi connectivity index (χ3n) is 2.63. The van der Waals surface area contributed by atoms with Crippen molar-refractivity contribution < 1.29 is 4.42 Å². The van der Waals surface area contributed by atoms with E-state index in [1.807, 2.05) is 30.5 Å². The lowest BCUT2D eigenvalue weighted by atomic mass is 10.3. The van der Waals surface area contributed by atoms with Gasteiger partial charge in [-0.2, -0.15) is 4.98 Å². The van der Waals surface area contributed by atoms with E-state index < -0.39 is 0 Å². The number of aryl methyl sites for hydroxylation is 1. The van der Waals surface area contributed by atoms with E-state index in [1.165, 1.54) is 4.88 Å². The van der Waals surface area contributed by atoms with E-state index in [-0.39, 0.29) is 0 Å². The van der Waals surface area contributed by atoms with Gasteiger partial charge in [-0.15, -0.1) is 11.3 Å². The van der Waals surface area contributed by atoms with Gasteiger partial charge in [0.2, 0.25) is 0 Å². The SMILES string of the molecule is CCc1cnc(CNc2nc3ccccc3o2)s1. The number of thiazole rings is 1. The molecule has 0 amide bonds. The summed E-state index contributed by atoms with van der Waals surface area (Å²) in [6.45, 7) is 2.78. The van der Waals surface area contributed by atoms with E-state index >= 15 is 0 Å². The van der Waals surface area contributed by atoms with Crippen molar-refractivity contribution in [2.75, 3.05) is 5.32 Å². The van der Waals surface area contributed by atoms with E-state index in [1.54, 1.807) is 11.3 Å². The molecule has 0 fully saturated rings. The molecule has 0 unspecified atom stereocenters. The smallest absolute Gasteiger partial charge is 0.296 e. The van der Waals surface area contributed by atoms with Crippen LogP contribution in [0.2, 0.25) is 0 Å². The molecule has 0 aliphatic heterocycles. The lowest BCUT2D eigenvalue weighted by molar-refractivity contribution is 0.614. The average Bonchev–Trinajstić information content (AvgIpc) is 3.02. The zero-order valence-electron chi connectivity index (χ0n) is 10.0. The molecule has 0 spiro atoms. The second kappa shape index (κ2) is 4.78. The number of nitrogens with zero attached hydrogens (tertiary/aromatic N) is 2. The maximum absolute atomic E-state index is 5.58. The van der Waals surface area contributed by atoms with Gasteiger partial charge in [0.15, 0.2) is 5.58 Å². The van der Waals surface area contributed by atoms with Gasteiger partial charge in [0.05, 0.1) is 6.54 Å².